The Morgan fingerprint density at radius 3 is 2.51 bits per heavy atom. The Bertz CT molecular complexity index is 1340. The molecule has 3 aromatic carbocycles. The second-order valence-corrected chi connectivity index (χ2v) is 10.5. The third-order valence-corrected chi connectivity index (χ3v) is 7.70. The summed E-state index contributed by atoms with van der Waals surface area (Å²) in [7, 11) is 0. The monoisotopic (exact) mass is 524 g/mol. The van der Waals surface area contributed by atoms with Gasteiger partial charge >= 0.3 is 0 Å². The summed E-state index contributed by atoms with van der Waals surface area (Å²) in [6.07, 6.45) is 10.5. The van der Waals surface area contributed by atoms with Crippen molar-refractivity contribution in [2.45, 2.75) is 51.4 Å². The molecule has 5 rings (SSSR count). The van der Waals surface area contributed by atoms with Crippen LogP contribution in [0.1, 0.15) is 65.6 Å². The maximum atomic E-state index is 13.1. The first kappa shape index (κ1) is 26.5. The number of hydrogen-bond donors (Lipinski definition) is 3. The molecule has 3 N–H and O–H groups in total. The number of hydrogen-bond acceptors (Lipinski definition) is 4. The van der Waals surface area contributed by atoms with Crippen LogP contribution in [0.5, 0.6) is 11.5 Å². The molecule has 39 heavy (non-hydrogen) atoms. The summed E-state index contributed by atoms with van der Waals surface area (Å²) in [6.45, 7) is 1.02. The first-order valence-electron chi connectivity index (χ1n) is 14.0. The lowest BCUT2D eigenvalue weighted by Crippen LogP contribution is -2.26. The third-order valence-electron chi connectivity index (χ3n) is 7.70. The summed E-state index contributed by atoms with van der Waals surface area (Å²) in [5.41, 5.74) is 4.94. The van der Waals surface area contributed by atoms with Crippen LogP contribution in [0.4, 0.5) is 5.69 Å². The minimum atomic E-state index is -0.181. The van der Waals surface area contributed by atoms with E-state index in [1.807, 2.05) is 42.5 Å². The second kappa shape index (κ2) is 12.7. The van der Waals surface area contributed by atoms with E-state index in [1.165, 1.54) is 32.1 Å². The van der Waals surface area contributed by atoms with Crippen molar-refractivity contribution in [1.29, 1.82) is 0 Å². The maximum absolute atomic E-state index is 13.1. The number of phenolic OH excluding ortho intramolecular Hbond substituents is 1. The molecule has 1 saturated carbocycles. The molecule has 0 radical (unpaired) electrons. The van der Waals surface area contributed by atoms with Gasteiger partial charge in [0.2, 0.25) is 0 Å². The minimum Gasteiger partial charge on any atom is -0.508 e. The smallest absolute Gasteiger partial charge is 0.252 e. The number of carbonyl (C=O) groups excluding carboxylic acids is 2. The Morgan fingerprint density at radius 2 is 1.72 bits per heavy atom. The third kappa shape index (κ3) is 7.08. The molecule has 0 saturated heterocycles. The lowest BCUT2D eigenvalue weighted by Gasteiger charge is -2.21. The summed E-state index contributed by atoms with van der Waals surface area (Å²) in [5.74, 6) is 1.06. The van der Waals surface area contributed by atoms with Gasteiger partial charge in [0.05, 0.1) is 12.3 Å². The van der Waals surface area contributed by atoms with Gasteiger partial charge in [-0.2, -0.15) is 0 Å². The van der Waals surface area contributed by atoms with Crippen LogP contribution in [-0.4, -0.2) is 30.1 Å². The lowest BCUT2D eigenvalue weighted by molar-refractivity contribution is -0.112. The van der Waals surface area contributed by atoms with Crippen molar-refractivity contribution in [2.75, 3.05) is 18.5 Å². The van der Waals surface area contributed by atoms with Crippen molar-refractivity contribution in [3.8, 4) is 11.5 Å². The number of aromatic hydroxyl groups is 1. The lowest BCUT2D eigenvalue weighted by atomic mass is 9.87. The van der Waals surface area contributed by atoms with Crippen LogP contribution < -0.4 is 15.4 Å². The number of fused-ring (bicyclic) bond motifs is 1. The zero-order valence-corrected chi connectivity index (χ0v) is 22.2. The molecular weight excluding hydrogens is 488 g/mol. The highest BCUT2D eigenvalue weighted by Gasteiger charge is 2.20. The van der Waals surface area contributed by atoms with Gasteiger partial charge < -0.3 is 20.5 Å². The van der Waals surface area contributed by atoms with Gasteiger partial charge in [-0.1, -0.05) is 68.5 Å². The molecule has 2 aliphatic rings. The fourth-order valence-electron chi connectivity index (χ4n) is 5.42. The van der Waals surface area contributed by atoms with E-state index in [1.54, 1.807) is 30.3 Å². The van der Waals surface area contributed by atoms with Crippen LogP contribution >= 0.6 is 0 Å². The quantitative estimate of drug-likeness (QED) is 0.291. The number of anilines is 1. The average molecular weight is 525 g/mol. The van der Waals surface area contributed by atoms with Gasteiger partial charge in [0.1, 0.15) is 11.5 Å². The van der Waals surface area contributed by atoms with Gasteiger partial charge in [0, 0.05) is 30.5 Å². The van der Waals surface area contributed by atoms with E-state index >= 15 is 0 Å². The predicted molar refractivity (Wildman–Crippen MR) is 154 cm³/mol. The molecular formula is C33H36N2O4. The summed E-state index contributed by atoms with van der Waals surface area (Å²) >= 11 is 0. The Kier molecular flexibility index (Phi) is 8.61. The van der Waals surface area contributed by atoms with Crippen LogP contribution in [0.15, 0.2) is 72.3 Å². The number of rotatable bonds is 10. The van der Waals surface area contributed by atoms with Gasteiger partial charge in [0.15, 0.2) is 0 Å². The van der Waals surface area contributed by atoms with Crippen LogP contribution in [0.3, 0.4) is 0 Å². The van der Waals surface area contributed by atoms with Crippen molar-refractivity contribution in [1.82, 2.24) is 5.32 Å². The number of ether oxygens (including phenoxy) is 1. The summed E-state index contributed by atoms with van der Waals surface area (Å²) < 4.78 is 6.11. The van der Waals surface area contributed by atoms with Crippen LogP contribution in [0, 0.1) is 5.92 Å². The van der Waals surface area contributed by atoms with Crippen molar-refractivity contribution < 1.29 is 19.4 Å². The van der Waals surface area contributed by atoms with E-state index in [-0.39, 0.29) is 17.6 Å². The van der Waals surface area contributed by atoms with E-state index in [4.69, 9.17) is 4.74 Å². The van der Waals surface area contributed by atoms with E-state index in [9.17, 15) is 14.7 Å². The largest absolute Gasteiger partial charge is 0.508 e. The zero-order valence-electron chi connectivity index (χ0n) is 22.2. The van der Waals surface area contributed by atoms with Gasteiger partial charge in [-0.15, -0.1) is 0 Å². The first-order chi connectivity index (χ1) is 19.0. The molecule has 0 spiro atoms. The van der Waals surface area contributed by atoms with Crippen LogP contribution in [0.25, 0.3) is 6.08 Å². The van der Waals surface area contributed by atoms with E-state index in [2.05, 4.69) is 10.6 Å². The average Bonchev–Trinajstić information content (AvgIpc) is 3.40. The first-order valence-corrected chi connectivity index (χ1v) is 14.0. The molecule has 2 aliphatic carbocycles. The Hall–Kier alpha value is -4.06. The van der Waals surface area contributed by atoms with E-state index < -0.39 is 0 Å². The number of phenols is 1. The predicted octanol–water partition coefficient (Wildman–Crippen LogP) is 6.29. The van der Waals surface area contributed by atoms with E-state index in [0.29, 0.717) is 54.5 Å². The molecule has 6 heteroatoms. The van der Waals surface area contributed by atoms with E-state index in [0.717, 1.165) is 23.1 Å². The van der Waals surface area contributed by atoms with Crippen molar-refractivity contribution in [3.63, 3.8) is 0 Å². The van der Waals surface area contributed by atoms with Crippen molar-refractivity contribution >= 4 is 23.6 Å². The molecule has 0 bridgehead atoms. The normalized spacial score (nSPS) is 14.8. The molecule has 0 aromatic heterocycles. The highest BCUT2D eigenvalue weighted by Crippen LogP contribution is 2.30. The summed E-state index contributed by atoms with van der Waals surface area (Å²) in [4.78, 5) is 26.1. The van der Waals surface area contributed by atoms with Gasteiger partial charge in [-0.05, 0) is 65.4 Å². The molecule has 2 amide bonds. The topological polar surface area (TPSA) is 87.7 Å². The Balaban J connectivity index is 1.26. The SMILES string of the molecule is O=C(Nc1ccc(C(=O)NCCC2CCCCC2)cc1OCCc1ccc(O)cc1)C1=Cc2ccccc2C1. The number of carbonyl (C=O) groups is 2. The molecule has 0 aliphatic heterocycles. The summed E-state index contributed by atoms with van der Waals surface area (Å²) in [5, 5.41) is 15.6. The molecule has 6 nitrogen and oxygen atoms in total. The Labute approximate surface area is 230 Å². The molecule has 0 atom stereocenters. The molecule has 202 valence electrons. The van der Waals surface area contributed by atoms with Gasteiger partial charge in [-0.3, -0.25) is 9.59 Å². The molecule has 3 aromatic rings. The standard InChI is InChI=1S/C33H36N2O4/c36-29-13-10-24(11-14-29)17-19-39-31-22-27(32(37)34-18-16-23-6-2-1-3-7-23)12-15-30(31)35-33(38)28-20-25-8-4-5-9-26(25)21-28/h4-5,8-15,20,22-23,36H,1-3,6-7,16-19,21H2,(H,34,37)(H,35,38). The zero-order chi connectivity index (χ0) is 27.0. The molecule has 0 heterocycles. The highest BCUT2D eigenvalue weighted by atomic mass is 16.5. The molecule has 1 fully saturated rings. The van der Waals surface area contributed by atoms with Crippen LogP contribution in [-0.2, 0) is 17.6 Å². The number of nitrogens with one attached hydrogen (secondary N) is 2. The maximum Gasteiger partial charge on any atom is 0.252 e. The van der Waals surface area contributed by atoms with Crippen LogP contribution in [0.2, 0.25) is 0 Å². The summed E-state index contributed by atoms with van der Waals surface area (Å²) in [6, 6.07) is 20.2. The minimum absolute atomic E-state index is 0.138. The van der Waals surface area contributed by atoms with Gasteiger partial charge in [0.25, 0.3) is 11.8 Å². The molecule has 0 unspecified atom stereocenters. The van der Waals surface area contributed by atoms with Crippen molar-refractivity contribution in [2.24, 2.45) is 5.92 Å². The second-order valence-electron chi connectivity index (χ2n) is 10.5. The Morgan fingerprint density at radius 1 is 0.923 bits per heavy atom. The van der Waals surface area contributed by atoms with Crippen molar-refractivity contribution in [3.05, 3.63) is 94.6 Å². The fourth-order valence-corrected chi connectivity index (χ4v) is 5.42. The fraction of sp³-hybridized carbons (Fsp3) is 0.333. The highest BCUT2D eigenvalue weighted by molar-refractivity contribution is 6.09. The number of amides is 2. The van der Waals surface area contributed by atoms with Gasteiger partial charge in [-0.25, -0.2) is 0 Å². The number of benzene rings is 3.